The molecule has 5 nitrogen and oxygen atoms in total. The fourth-order valence-corrected chi connectivity index (χ4v) is 4.67. The number of sulfonamides is 1. The van der Waals surface area contributed by atoms with Crippen molar-refractivity contribution < 1.29 is 17.5 Å². The highest BCUT2D eigenvalue weighted by molar-refractivity contribution is 7.89. The first-order valence-corrected chi connectivity index (χ1v) is 10.8. The van der Waals surface area contributed by atoms with Crippen molar-refractivity contribution in [3.63, 3.8) is 0 Å². The minimum atomic E-state index is -3.14. The van der Waals surface area contributed by atoms with Crippen molar-refractivity contribution in [3.05, 3.63) is 59.9 Å². The van der Waals surface area contributed by atoms with Crippen molar-refractivity contribution in [2.75, 3.05) is 36.8 Å². The number of benzene rings is 2. The number of hydrogen-bond donors (Lipinski definition) is 0. The third kappa shape index (κ3) is 5.20. The Morgan fingerprint density at radius 1 is 1.04 bits per heavy atom. The van der Waals surface area contributed by atoms with Crippen LogP contribution in [-0.2, 0) is 16.6 Å². The van der Waals surface area contributed by atoms with E-state index in [2.05, 4.69) is 4.90 Å². The SMILES string of the molecule is CCCS(=O)(=O)N1CCN(c2cccc(OCc3cccc(F)c3)c2)CC1. The van der Waals surface area contributed by atoms with Gasteiger partial charge in [0.1, 0.15) is 18.2 Å². The summed E-state index contributed by atoms with van der Waals surface area (Å²) in [5, 5.41) is 0. The number of nitrogens with zero attached hydrogens (tertiary/aromatic N) is 2. The van der Waals surface area contributed by atoms with Crippen LogP contribution in [0.25, 0.3) is 0 Å². The minimum absolute atomic E-state index is 0.205. The first-order chi connectivity index (χ1) is 13.0. The third-order valence-corrected chi connectivity index (χ3v) is 6.65. The van der Waals surface area contributed by atoms with Gasteiger partial charge in [-0.2, -0.15) is 4.31 Å². The molecule has 1 aliphatic heterocycles. The van der Waals surface area contributed by atoms with Gasteiger partial charge in [0.2, 0.25) is 10.0 Å². The van der Waals surface area contributed by atoms with E-state index in [9.17, 15) is 12.8 Å². The molecule has 0 atom stereocenters. The minimum Gasteiger partial charge on any atom is -0.489 e. The third-order valence-electron chi connectivity index (χ3n) is 4.57. The van der Waals surface area contributed by atoms with E-state index in [0.717, 1.165) is 11.3 Å². The molecule has 0 aliphatic carbocycles. The highest BCUT2D eigenvalue weighted by Crippen LogP contribution is 2.24. The van der Waals surface area contributed by atoms with Gasteiger partial charge >= 0.3 is 0 Å². The summed E-state index contributed by atoms with van der Waals surface area (Å²) in [6, 6.07) is 14.1. The molecule has 0 radical (unpaired) electrons. The summed E-state index contributed by atoms with van der Waals surface area (Å²) in [7, 11) is -3.14. The molecule has 0 aromatic heterocycles. The lowest BCUT2D eigenvalue weighted by Gasteiger charge is -2.35. The molecule has 146 valence electrons. The standard InChI is InChI=1S/C20H25FN2O3S/c1-2-13-27(24,25)23-11-9-22(10-12-23)19-7-4-8-20(15-19)26-16-17-5-3-6-18(21)14-17/h3-8,14-15H,2,9-13,16H2,1H3. The van der Waals surface area contributed by atoms with Gasteiger partial charge in [-0.25, -0.2) is 12.8 Å². The molecule has 1 heterocycles. The lowest BCUT2D eigenvalue weighted by molar-refractivity contribution is 0.305. The summed E-state index contributed by atoms with van der Waals surface area (Å²) in [4.78, 5) is 2.16. The fraction of sp³-hybridized carbons (Fsp3) is 0.400. The van der Waals surface area contributed by atoms with Crippen molar-refractivity contribution in [3.8, 4) is 5.75 Å². The molecular formula is C20H25FN2O3S. The predicted molar refractivity (Wildman–Crippen MR) is 105 cm³/mol. The van der Waals surface area contributed by atoms with Gasteiger partial charge in [0, 0.05) is 37.9 Å². The van der Waals surface area contributed by atoms with Crippen LogP contribution >= 0.6 is 0 Å². The van der Waals surface area contributed by atoms with E-state index in [-0.39, 0.29) is 11.6 Å². The Kier molecular flexibility index (Phi) is 6.34. The van der Waals surface area contributed by atoms with Crippen LogP contribution in [0.1, 0.15) is 18.9 Å². The molecule has 0 saturated carbocycles. The topological polar surface area (TPSA) is 49.9 Å². The average molecular weight is 392 g/mol. The number of rotatable bonds is 7. The largest absolute Gasteiger partial charge is 0.489 e. The van der Waals surface area contributed by atoms with E-state index >= 15 is 0 Å². The molecule has 2 aromatic rings. The van der Waals surface area contributed by atoms with E-state index < -0.39 is 10.0 Å². The zero-order valence-corrected chi connectivity index (χ0v) is 16.3. The quantitative estimate of drug-likeness (QED) is 0.726. The van der Waals surface area contributed by atoms with Crippen molar-refractivity contribution >= 4 is 15.7 Å². The van der Waals surface area contributed by atoms with Crippen LogP contribution in [0.2, 0.25) is 0 Å². The predicted octanol–water partition coefficient (Wildman–Crippen LogP) is 3.27. The number of hydrogen-bond acceptors (Lipinski definition) is 4. The van der Waals surface area contributed by atoms with Crippen molar-refractivity contribution in [1.29, 1.82) is 0 Å². The monoisotopic (exact) mass is 392 g/mol. The molecule has 2 aromatic carbocycles. The van der Waals surface area contributed by atoms with Gasteiger partial charge in [-0.1, -0.05) is 25.1 Å². The van der Waals surface area contributed by atoms with Crippen LogP contribution in [0, 0.1) is 5.82 Å². The van der Waals surface area contributed by atoms with Crippen LogP contribution < -0.4 is 9.64 Å². The Morgan fingerprint density at radius 3 is 2.48 bits per heavy atom. The fourth-order valence-electron chi connectivity index (χ4n) is 3.17. The Hall–Kier alpha value is -2.12. The first kappa shape index (κ1) is 19.6. The number of halogens is 1. The smallest absolute Gasteiger partial charge is 0.214 e. The van der Waals surface area contributed by atoms with Crippen molar-refractivity contribution in [2.45, 2.75) is 20.0 Å². The average Bonchev–Trinajstić information content (AvgIpc) is 2.67. The molecule has 1 fully saturated rings. The van der Waals surface area contributed by atoms with Gasteiger partial charge in [0.25, 0.3) is 0 Å². The van der Waals surface area contributed by atoms with Gasteiger partial charge in [-0.05, 0) is 36.2 Å². The molecule has 0 N–H and O–H groups in total. The van der Waals surface area contributed by atoms with Crippen molar-refractivity contribution in [2.24, 2.45) is 0 Å². The van der Waals surface area contributed by atoms with Crippen LogP contribution in [0.15, 0.2) is 48.5 Å². The maximum absolute atomic E-state index is 13.3. The maximum Gasteiger partial charge on any atom is 0.214 e. The molecule has 27 heavy (non-hydrogen) atoms. The Morgan fingerprint density at radius 2 is 1.78 bits per heavy atom. The summed E-state index contributed by atoms with van der Waals surface area (Å²) in [5.41, 5.74) is 1.77. The van der Waals surface area contributed by atoms with Gasteiger partial charge in [0.15, 0.2) is 0 Å². The van der Waals surface area contributed by atoms with Crippen LogP contribution in [0.5, 0.6) is 5.75 Å². The van der Waals surface area contributed by atoms with E-state index in [0.29, 0.717) is 45.0 Å². The van der Waals surface area contributed by atoms with Crippen LogP contribution in [0.4, 0.5) is 10.1 Å². The van der Waals surface area contributed by atoms with Crippen LogP contribution in [-0.4, -0.2) is 44.7 Å². The van der Waals surface area contributed by atoms with Gasteiger partial charge in [-0.15, -0.1) is 0 Å². The normalized spacial score (nSPS) is 15.7. The highest BCUT2D eigenvalue weighted by Gasteiger charge is 2.26. The van der Waals surface area contributed by atoms with Crippen molar-refractivity contribution in [1.82, 2.24) is 4.31 Å². The van der Waals surface area contributed by atoms with Gasteiger partial charge < -0.3 is 9.64 Å². The van der Waals surface area contributed by atoms with E-state index in [1.807, 2.05) is 37.3 Å². The maximum atomic E-state index is 13.3. The lowest BCUT2D eigenvalue weighted by atomic mass is 10.2. The second-order valence-electron chi connectivity index (χ2n) is 6.62. The lowest BCUT2D eigenvalue weighted by Crippen LogP contribution is -2.49. The summed E-state index contributed by atoms with van der Waals surface area (Å²) < 4.78 is 45.0. The zero-order valence-electron chi connectivity index (χ0n) is 15.5. The Bertz CT molecular complexity index is 865. The van der Waals surface area contributed by atoms with Gasteiger partial charge in [-0.3, -0.25) is 0 Å². The summed E-state index contributed by atoms with van der Waals surface area (Å²) in [6.45, 7) is 4.47. The molecule has 0 bridgehead atoms. The summed E-state index contributed by atoms with van der Waals surface area (Å²) in [6.07, 6.45) is 0.632. The molecule has 1 saturated heterocycles. The summed E-state index contributed by atoms with van der Waals surface area (Å²) in [5.74, 6) is 0.634. The zero-order chi connectivity index (χ0) is 19.3. The highest BCUT2D eigenvalue weighted by atomic mass is 32.2. The first-order valence-electron chi connectivity index (χ1n) is 9.18. The molecule has 3 rings (SSSR count). The van der Waals surface area contributed by atoms with Crippen LogP contribution in [0.3, 0.4) is 0 Å². The second kappa shape index (κ2) is 8.71. The molecular weight excluding hydrogens is 367 g/mol. The molecule has 0 unspecified atom stereocenters. The number of ether oxygens (including phenoxy) is 1. The van der Waals surface area contributed by atoms with Gasteiger partial charge in [0.05, 0.1) is 5.75 Å². The molecule has 7 heteroatoms. The Labute approximate surface area is 160 Å². The molecule has 0 spiro atoms. The number of anilines is 1. The second-order valence-corrected chi connectivity index (χ2v) is 8.71. The van der Waals surface area contributed by atoms with E-state index in [1.54, 1.807) is 10.4 Å². The molecule has 0 amide bonds. The van der Waals surface area contributed by atoms with E-state index in [4.69, 9.17) is 4.74 Å². The molecule has 1 aliphatic rings. The van der Waals surface area contributed by atoms with E-state index in [1.165, 1.54) is 12.1 Å². The number of piperazine rings is 1. The summed E-state index contributed by atoms with van der Waals surface area (Å²) >= 11 is 0. The Balaban J connectivity index is 1.59.